The summed E-state index contributed by atoms with van der Waals surface area (Å²) >= 11 is 5.31. The molecule has 196 valence electrons. The molecule has 1 saturated heterocycles. The first-order chi connectivity index (χ1) is 17.0. The smallest absolute Gasteiger partial charge is 0.330 e. The van der Waals surface area contributed by atoms with E-state index in [0.29, 0.717) is 0 Å². The van der Waals surface area contributed by atoms with Gasteiger partial charge in [-0.25, -0.2) is 14.5 Å². The molecule has 2 rings (SSSR count). The fourth-order valence-electron chi connectivity index (χ4n) is 3.35. The van der Waals surface area contributed by atoms with Crippen molar-refractivity contribution >= 4 is 25.9 Å². The van der Waals surface area contributed by atoms with E-state index in [2.05, 4.69) is 14.8 Å². The van der Waals surface area contributed by atoms with E-state index in [-0.39, 0.29) is 24.2 Å². The van der Waals surface area contributed by atoms with Crippen LogP contribution in [-0.4, -0.2) is 89.8 Å². The monoisotopic (exact) mass is 527 g/mol. The topological polar surface area (TPSA) is 128 Å². The number of aliphatic hydroxyl groups excluding tert-OH is 1. The number of hydrogen-bond acceptors (Lipinski definition) is 10. The van der Waals surface area contributed by atoms with E-state index in [1.807, 2.05) is 27.7 Å². The third kappa shape index (κ3) is 7.53. The van der Waals surface area contributed by atoms with E-state index >= 15 is 0 Å². The lowest BCUT2D eigenvalue weighted by Gasteiger charge is -2.37. The molecule has 1 aromatic rings. The van der Waals surface area contributed by atoms with Crippen LogP contribution < -0.4 is 11.2 Å². The van der Waals surface area contributed by atoms with E-state index in [1.165, 1.54) is 36.1 Å². The summed E-state index contributed by atoms with van der Waals surface area (Å²) in [6.45, 7) is 7.96. The molecule has 0 aliphatic carbocycles. The van der Waals surface area contributed by atoms with Crippen molar-refractivity contribution < 1.29 is 29.8 Å². The number of H-pyrrole nitrogens is 1. The van der Waals surface area contributed by atoms with E-state index in [1.54, 1.807) is 14.2 Å². The summed E-state index contributed by atoms with van der Waals surface area (Å²) in [5, 5.41) is 4.72. The molecule has 2 heterocycles. The number of aromatic amines is 1. The van der Waals surface area contributed by atoms with Gasteiger partial charge in [0.15, 0.2) is 12.3 Å². The van der Waals surface area contributed by atoms with Gasteiger partial charge in [0.25, 0.3) is 19.3 Å². The first-order valence-electron chi connectivity index (χ1n) is 11.6. The van der Waals surface area contributed by atoms with Gasteiger partial charge in [-0.1, -0.05) is 0 Å². The normalized spacial score (nSPS) is 23.9. The van der Waals surface area contributed by atoms with Crippen LogP contribution in [0.2, 0.25) is 0 Å². The van der Waals surface area contributed by atoms with Gasteiger partial charge in [0.2, 0.25) is 1.43 Å². The van der Waals surface area contributed by atoms with Crippen molar-refractivity contribution in [3.05, 3.63) is 33.1 Å². The number of aromatic nitrogens is 2. The quantitative estimate of drug-likeness (QED) is 0.276. The summed E-state index contributed by atoms with van der Waals surface area (Å²) in [7, 11) is 4.28. The maximum atomic E-state index is 12.5. The Morgan fingerprint density at radius 1 is 1.35 bits per heavy atom. The maximum Gasteiger partial charge on any atom is 0.330 e. The number of aliphatic hydroxyl groups is 1. The number of ether oxygens (including phenoxy) is 2. The predicted molar refractivity (Wildman–Crippen MR) is 132 cm³/mol. The molecule has 0 spiro atoms. The summed E-state index contributed by atoms with van der Waals surface area (Å²) < 4.78 is 41.1. The van der Waals surface area contributed by atoms with Crippen LogP contribution in [0.1, 0.15) is 42.2 Å². The second kappa shape index (κ2) is 14.2. The van der Waals surface area contributed by atoms with Crippen LogP contribution >= 0.6 is 20.7 Å². The molecule has 0 saturated carbocycles. The van der Waals surface area contributed by atoms with Crippen LogP contribution in [0.5, 0.6) is 0 Å². The lowest BCUT2D eigenvalue weighted by Crippen LogP contribution is -2.43. The van der Waals surface area contributed by atoms with Gasteiger partial charge in [0, 0.05) is 47.0 Å². The molecule has 0 aromatic carbocycles. The second-order valence-corrected chi connectivity index (χ2v) is 9.53. The largest absolute Gasteiger partial charge is 0.458 e. The molecule has 0 bridgehead atoms. The summed E-state index contributed by atoms with van der Waals surface area (Å²) in [5.41, 5.74) is -1.23. The molecule has 0 radical (unpaired) electrons. The fourth-order valence-corrected chi connectivity index (χ4v) is 5.13. The molecule has 5 atom stereocenters. The number of rotatable bonds is 9. The first kappa shape index (κ1) is 27.2. The molecule has 14 heteroatoms. The molecule has 1 fully saturated rings. The Bertz CT molecular complexity index is 916. The zero-order valence-corrected chi connectivity index (χ0v) is 22.5. The maximum absolute atomic E-state index is 12.5. The van der Waals surface area contributed by atoms with Crippen LogP contribution in [-0.2, 0) is 23.4 Å². The van der Waals surface area contributed by atoms with E-state index in [9.17, 15) is 9.59 Å². The standard InChI is InChI=1S/C19H33N4O7PS.CH4O/c1-11(2)23(12(3)4)31(27-8)30-15-13(5)28-17(16(15)29-19(32)21(6)26-7)22-10-9-14(24)20-18(22)25;1-2/h9-13,15-17H,1-8H3,(H,20,24,25);2H,1H3/t13-,15?,16+,17-,31?;/m1./s1/i5D;2T. The Hall–Kier alpha value is -1.44. The van der Waals surface area contributed by atoms with Gasteiger partial charge in [-0.3, -0.25) is 19.2 Å². The number of hydroxylamine groups is 2. The highest BCUT2D eigenvalue weighted by molar-refractivity contribution is 7.79. The average Bonchev–Trinajstić information content (AvgIpc) is 3.14. The van der Waals surface area contributed by atoms with Crippen molar-refractivity contribution in [3.63, 3.8) is 0 Å². The number of nitrogens with zero attached hydrogens (tertiary/aromatic N) is 3. The lowest BCUT2D eigenvalue weighted by atomic mass is 10.1. The van der Waals surface area contributed by atoms with Gasteiger partial charge >= 0.3 is 5.69 Å². The Kier molecular flexibility index (Phi) is 11.3. The highest BCUT2D eigenvalue weighted by Crippen LogP contribution is 2.49. The van der Waals surface area contributed by atoms with Crippen LogP contribution in [0.25, 0.3) is 0 Å². The van der Waals surface area contributed by atoms with Gasteiger partial charge in [0.05, 0.1) is 13.2 Å². The van der Waals surface area contributed by atoms with Gasteiger partial charge in [0.1, 0.15) is 6.10 Å². The van der Waals surface area contributed by atoms with E-state index in [0.717, 1.165) is 0 Å². The number of hydrogen-bond donors (Lipinski definition) is 2. The first-order valence-corrected chi connectivity index (χ1v) is 12.0. The zero-order valence-electron chi connectivity index (χ0n) is 22.8. The third-order valence-corrected chi connectivity index (χ3v) is 7.18. The molecule has 1 aliphatic rings. The van der Waals surface area contributed by atoms with E-state index in [4.69, 9.17) is 38.4 Å². The predicted octanol–water partition coefficient (Wildman–Crippen LogP) is 1.60. The third-order valence-electron chi connectivity index (χ3n) is 4.79. The van der Waals surface area contributed by atoms with Gasteiger partial charge in [-0.15, -0.1) is 0 Å². The van der Waals surface area contributed by atoms with Crippen LogP contribution in [0.3, 0.4) is 0 Å². The Labute approximate surface area is 209 Å². The van der Waals surface area contributed by atoms with Gasteiger partial charge < -0.3 is 23.6 Å². The van der Waals surface area contributed by atoms with Crippen LogP contribution in [0, 0.1) is 0 Å². The Balaban J connectivity index is 0.00000205. The number of nitrogens with one attached hydrogen (secondary N) is 1. The molecule has 1 aliphatic heterocycles. The van der Waals surface area contributed by atoms with Gasteiger partial charge in [-0.05, 0) is 46.8 Å². The van der Waals surface area contributed by atoms with Gasteiger partial charge in [-0.2, -0.15) is 0 Å². The lowest BCUT2D eigenvalue weighted by molar-refractivity contribution is -0.0830. The minimum atomic E-state index is -1.56. The van der Waals surface area contributed by atoms with Crippen LogP contribution in [0.15, 0.2) is 21.9 Å². The molecule has 2 unspecified atom stereocenters. The van der Waals surface area contributed by atoms with Crippen molar-refractivity contribution in [2.75, 3.05) is 28.4 Å². The van der Waals surface area contributed by atoms with Crippen molar-refractivity contribution in [1.29, 1.82) is 1.43 Å². The average molecular weight is 528 g/mol. The second-order valence-electron chi connectivity index (χ2n) is 7.67. The molecule has 12 nitrogen and oxygen atoms in total. The van der Waals surface area contributed by atoms with Crippen molar-refractivity contribution in [2.24, 2.45) is 0 Å². The molecule has 0 amide bonds. The van der Waals surface area contributed by atoms with Crippen LogP contribution in [0.4, 0.5) is 0 Å². The molecule has 34 heavy (non-hydrogen) atoms. The summed E-state index contributed by atoms with van der Waals surface area (Å²) in [5.74, 6) is 0. The van der Waals surface area contributed by atoms with E-state index < -0.39 is 44.3 Å². The number of thiocarbonyl (C=S) groups is 1. The van der Waals surface area contributed by atoms with Crippen molar-refractivity contribution in [1.82, 2.24) is 19.3 Å². The Morgan fingerprint density at radius 2 is 1.97 bits per heavy atom. The Morgan fingerprint density at radius 3 is 2.44 bits per heavy atom. The summed E-state index contributed by atoms with van der Waals surface area (Å²) in [6.07, 6.45) is -2.20. The summed E-state index contributed by atoms with van der Waals surface area (Å²) in [6, 6.07) is 1.43. The SMILES string of the molecule is [2H]C[C@H]1O[C@@H](n2ccc(=O)[nH]c2=O)[C@@H](OC(=S)N(C)OC)C1OP(OC)N(C(C)C)C(C)C.[3H]OC. The van der Waals surface area contributed by atoms with Crippen molar-refractivity contribution in [3.8, 4) is 0 Å². The summed E-state index contributed by atoms with van der Waals surface area (Å²) in [4.78, 5) is 31.4. The zero-order chi connectivity index (χ0) is 27.6. The van der Waals surface area contributed by atoms with Crippen molar-refractivity contribution in [2.45, 2.75) is 71.2 Å². The fraction of sp³-hybridized carbons (Fsp3) is 0.750. The molecule has 2 N–H and O–H groups in total. The molecular formula is C20H37N4O8PS. The molecule has 1 aromatic heterocycles. The minimum Gasteiger partial charge on any atom is -0.458 e. The highest BCUT2D eigenvalue weighted by atomic mass is 32.1. The molecular weight excluding hydrogens is 487 g/mol. The minimum absolute atomic E-state index is 0.0147. The highest BCUT2D eigenvalue weighted by Gasteiger charge is 2.49.